The minimum absolute atomic E-state index is 0.0140. The van der Waals surface area contributed by atoms with Gasteiger partial charge in [-0.25, -0.2) is 4.39 Å². The molecular weight excluding hydrogens is 433 g/mol. The topological polar surface area (TPSA) is 58.6 Å². The Hall–Kier alpha value is -1.28. The maximum absolute atomic E-state index is 13.9. The van der Waals surface area contributed by atoms with Gasteiger partial charge < -0.3 is 9.84 Å². The van der Waals surface area contributed by atoms with Gasteiger partial charge in [0.1, 0.15) is 24.2 Å². The average molecular weight is 447 g/mol. The fraction of sp³-hybridized carbons (Fsp3) is 0.235. The van der Waals surface area contributed by atoms with E-state index >= 15 is 0 Å². The van der Waals surface area contributed by atoms with Crippen LogP contribution in [-0.2, 0) is 11.4 Å². The van der Waals surface area contributed by atoms with Gasteiger partial charge >= 0.3 is 5.97 Å². The van der Waals surface area contributed by atoms with Crippen molar-refractivity contribution < 1.29 is 19.0 Å². The fourth-order valence-corrected chi connectivity index (χ4v) is 4.31. The lowest BCUT2D eigenvalue weighted by Gasteiger charge is -2.18. The molecule has 8 heteroatoms. The predicted molar refractivity (Wildman–Crippen MR) is 99.6 cm³/mol. The number of ether oxygens (including phenoxy) is 1. The number of thioether (sulfide) groups is 1. The molecular formula is C17H14BrClFNO3S. The first-order valence-electron chi connectivity index (χ1n) is 7.41. The molecule has 1 heterocycles. The van der Waals surface area contributed by atoms with Crippen molar-refractivity contribution in [1.82, 2.24) is 5.32 Å². The van der Waals surface area contributed by atoms with Crippen molar-refractivity contribution in [2.24, 2.45) is 0 Å². The molecule has 0 amide bonds. The first-order chi connectivity index (χ1) is 12.0. The van der Waals surface area contributed by atoms with Gasteiger partial charge in [0.05, 0.1) is 10.4 Å². The van der Waals surface area contributed by atoms with Crippen molar-refractivity contribution in [2.45, 2.75) is 18.0 Å². The van der Waals surface area contributed by atoms with Crippen molar-refractivity contribution in [3.63, 3.8) is 0 Å². The van der Waals surface area contributed by atoms with Crippen LogP contribution in [0.3, 0.4) is 0 Å². The van der Waals surface area contributed by atoms with Gasteiger partial charge in [-0.2, -0.15) is 0 Å². The van der Waals surface area contributed by atoms with Crippen LogP contribution in [0.2, 0.25) is 5.02 Å². The van der Waals surface area contributed by atoms with Gasteiger partial charge in [0, 0.05) is 21.4 Å². The van der Waals surface area contributed by atoms with Crippen LogP contribution in [0.25, 0.3) is 0 Å². The summed E-state index contributed by atoms with van der Waals surface area (Å²) in [5.41, 5.74) is 1.09. The van der Waals surface area contributed by atoms with Crippen LogP contribution in [0.15, 0.2) is 40.9 Å². The highest BCUT2D eigenvalue weighted by Gasteiger charge is 2.32. The number of halogens is 3. The zero-order valence-corrected chi connectivity index (χ0v) is 16.0. The van der Waals surface area contributed by atoms with Crippen LogP contribution in [0, 0.1) is 5.82 Å². The predicted octanol–water partition coefficient (Wildman–Crippen LogP) is 4.61. The largest absolute Gasteiger partial charge is 0.488 e. The minimum Gasteiger partial charge on any atom is -0.488 e. The molecule has 2 aromatic rings. The molecule has 2 atom stereocenters. The lowest BCUT2D eigenvalue weighted by molar-refractivity contribution is -0.138. The summed E-state index contributed by atoms with van der Waals surface area (Å²) in [5.74, 6) is -0.292. The van der Waals surface area contributed by atoms with E-state index in [1.165, 1.54) is 23.9 Å². The van der Waals surface area contributed by atoms with Crippen molar-refractivity contribution in [3.8, 4) is 5.75 Å². The molecule has 3 rings (SSSR count). The summed E-state index contributed by atoms with van der Waals surface area (Å²) in [6, 6.07) is 9.32. The van der Waals surface area contributed by atoms with Gasteiger partial charge in [0.25, 0.3) is 0 Å². The Balaban J connectivity index is 1.81. The van der Waals surface area contributed by atoms with Gasteiger partial charge in [0.2, 0.25) is 0 Å². The summed E-state index contributed by atoms with van der Waals surface area (Å²) in [5, 5.41) is 12.3. The summed E-state index contributed by atoms with van der Waals surface area (Å²) >= 11 is 10.9. The third-order valence-electron chi connectivity index (χ3n) is 3.77. The molecule has 0 aromatic heterocycles. The Morgan fingerprint density at radius 3 is 2.92 bits per heavy atom. The number of rotatable bonds is 5. The molecule has 4 nitrogen and oxygen atoms in total. The van der Waals surface area contributed by atoms with E-state index in [1.54, 1.807) is 12.1 Å². The zero-order chi connectivity index (χ0) is 18.0. The molecule has 1 saturated heterocycles. The highest BCUT2D eigenvalue weighted by Crippen LogP contribution is 2.39. The van der Waals surface area contributed by atoms with Gasteiger partial charge in [-0.3, -0.25) is 10.1 Å². The van der Waals surface area contributed by atoms with Gasteiger partial charge in [-0.05, 0) is 30.3 Å². The van der Waals surface area contributed by atoms with Crippen LogP contribution in [0.1, 0.15) is 16.5 Å². The Morgan fingerprint density at radius 1 is 1.44 bits per heavy atom. The number of hydrogen-bond donors (Lipinski definition) is 2. The maximum atomic E-state index is 13.9. The summed E-state index contributed by atoms with van der Waals surface area (Å²) in [7, 11) is 0. The summed E-state index contributed by atoms with van der Waals surface area (Å²) in [6.07, 6.45) is 0. The van der Waals surface area contributed by atoms with Crippen LogP contribution >= 0.6 is 39.3 Å². The van der Waals surface area contributed by atoms with E-state index in [1.807, 2.05) is 12.1 Å². The highest BCUT2D eigenvalue weighted by molar-refractivity contribution is 9.10. The molecule has 2 N–H and O–H groups in total. The molecule has 1 fully saturated rings. The fourth-order valence-electron chi connectivity index (χ4n) is 2.47. The van der Waals surface area contributed by atoms with Crippen LogP contribution in [0.5, 0.6) is 5.75 Å². The monoisotopic (exact) mass is 445 g/mol. The van der Waals surface area contributed by atoms with E-state index in [2.05, 4.69) is 21.2 Å². The molecule has 1 aliphatic rings. The molecule has 1 aliphatic heterocycles. The minimum atomic E-state index is -0.884. The Labute approximate surface area is 161 Å². The number of aliphatic carboxylic acids is 1. The van der Waals surface area contributed by atoms with Crippen molar-refractivity contribution in [2.75, 3.05) is 5.75 Å². The van der Waals surface area contributed by atoms with Crippen LogP contribution in [0.4, 0.5) is 4.39 Å². The molecule has 2 unspecified atom stereocenters. The smallest absolute Gasteiger partial charge is 0.321 e. The molecule has 0 bridgehead atoms. The Kier molecular flexibility index (Phi) is 5.89. The third-order valence-corrected chi connectivity index (χ3v) is 5.86. The number of carboxylic acids is 1. The van der Waals surface area contributed by atoms with Crippen LogP contribution in [-0.4, -0.2) is 22.9 Å². The van der Waals surface area contributed by atoms with Crippen molar-refractivity contribution in [3.05, 3.63) is 62.8 Å². The first kappa shape index (κ1) is 18.5. The van der Waals surface area contributed by atoms with E-state index in [9.17, 15) is 9.18 Å². The lowest BCUT2D eigenvalue weighted by atomic mass is 10.1. The normalized spacial score (nSPS) is 19.8. The second-order valence-corrected chi connectivity index (χ2v) is 7.90. The van der Waals surface area contributed by atoms with Gasteiger partial charge in [0.15, 0.2) is 0 Å². The van der Waals surface area contributed by atoms with Crippen LogP contribution < -0.4 is 10.1 Å². The Morgan fingerprint density at radius 2 is 2.24 bits per heavy atom. The molecule has 0 saturated carbocycles. The van der Waals surface area contributed by atoms with E-state index in [0.29, 0.717) is 16.5 Å². The van der Waals surface area contributed by atoms with Crippen molar-refractivity contribution in [1.29, 1.82) is 0 Å². The van der Waals surface area contributed by atoms with E-state index in [0.717, 1.165) is 10.0 Å². The quantitative estimate of drug-likeness (QED) is 0.702. The molecule has 25 heavy (non-hydrogen) atoms. The second-order valence-electron chi connectivity index (χ2n) is 5.44. The number of nitrogens with one attached hydrogen (secondary N) is 1. The van der Waals surface area contributed by atoms with E-state index < -0.39 is 17.8 Å². The summed E-state index contributed by atoms with van der Waals surface area (Å²) < 4.78 is 20.6. The standard InChI is InChI=1S/C17H14BrClFNO3S/c18-9-4-5-15(24-7-11-12(19)2-1-3-13(11)20)10(6-9)16-21-14(8-25-16)17(22)23/h1-6,14,16,21H,7-8H2,(H,22,23). The lowest BCUT2D eigenvalue weighted by Crippen LogP contribution is -2.33. The highest BCUT2D eigenvalue weighted by atomic mass is 79.9. The number of carboxylic acid groups (broad SMARTS) is 1. The average Bonchev–Trinajstić information content (AvgIpc) is 3.05. The molecule has 0 radical (unpaired) electrons. The van der Waals surface area contributed by atoms with Gasteiger partial charge in [-0.1, -0.05) is 33.6 Å². The number of carbonyl (C=O) groups is 1. The maximum Gasteiger partial charge on any atom is 0.321 e. The number of hydrogen-bond acceptors (Lipinski definition) is 4. The third kappa shape index (κ3) is 4.28. The summed E-state index contributed by atoms with van der Waals surface area (Å²) in [4.78, 5) is 11.1. The second kappa shape index (κ2) is 7.95. The van der Waals surface area contributed by atoms with E-state index in [4.69, 9.17) is 21.4 Å². The first-order valence-corrected chi connectivity index (χ1v) is 9.63. The molecule has 132 valence electrons. The van der Waals surface area contributed by atoms with Gasteiger partial charge in [-0.15, -0.1) is 11.8 Å². The zero-order valence-electron chi connectivity index (χ0n) is 12.8. The number of benzene rings is 2. The molecule has 2 aromatic carbocycles. The molecule has 0 spiro atoms. The van der Waals surface area contributed by atoms with Crippen molar-refractivity contribution >= 4 is 45.3 Å². The molecule has 0 aliphatic carbocycles. The summed E-state index contributed by atoms with van der Waals surface area (Å²) in [6.45, 7) is -0.0140. The Bertz CT molecular complexity index is 787. The van der Waals surface area contributed by atoms with E-state index in [-0.39, 0.29) is 17.5 Å². The SMILES string of the molecule is O=C(O)C1CSC(c2cc(Br)ccc2OCc2c(F)cccc2Cl)N1.